The zero-order valence-electron chi connectivity index (χ0n) is 11.9. The highest BCUT2D eigenvalue weighted by molar-refractivity contribution is 4.80. The highest BCUT2D eigenvalue weighted by Crippen LogP contribution is 2.10. The van der Waals surface area contributed by atoms with Crippen molar-refractivity contribution < 1.29 is 0 Å². The third-order valence-corrected chi connectivity index (χ3v) is 3.20. The van der Waals surface area contributed by atoms with Crippen LogP contribution >= 0.6 is 0 Å². The molecular weight excluding hydrogens is 206 g/mol. The normalized spacial score (nSPS) is 11.4. The Bertz CT molecular complexity index is 152. The second-order valence-electron chi connectivity index (χ2n) is 5.02. The van der Waals surface area contributed by atoms with Crippen LogP contribution in [0.15, 0.2) is 12.2 Å². The maximum absolute atomic E-state index is 5.46. The molecule has 0 aromatic rings. The van der Waals surface area contributed by atoms with Crippen LogP contribution in [0.25, 0.3) is 0 Å². The fourth-order valence-corrected chi connectivity index (χ4v) is 2.05. The third kappa shape index (κ3) is 15.7. The summed E-state index contributed by atoms with van der Waals surface area (Å²) in [5.41, 5.74) is 5.46. The van der Waals surface area contributed by atoms with Gasteiger partial charge in [0.25, 0.3) is 0 Å². The fourth-order valence-electron chi connectivity index (χ4n) is 2.05. The molecule has 0 atom stereocenters. The zero-order valence-corrected chi connectivity index (χ0v) is 11.9. The van der Waals surface area contributed by atoms with E-state index in [2.05, 4.69) is 19.1 Å². The van der Waals surface area contributed by atoms with Gasteiger partial charge in [-0.3, -0.25) is 0 Å². The lowest BCUT2D eigenvalue weighted by Crippen LogP contribution is -1.97. The van der Waals surface area contributed by atoms with Gasteiger partial charge >= 0.3 is 0 Å². The molecule has 0 radical (unpaired) electrons. The van der Waals surface area contributed by atoms with E-state index in [9.17, 15) is 0 Å². The maximum Gasteiger partial charge on any atom is -0.00773 e. The summed E-state index contributed by atoms with van der Waals surface area (Å²) in [5.74, 6) is 0. The standard InChI is InChI=1S/C16H33N/c1-2-3-4-5-6-7-8-9-10-11-12-13-14-15-16-17/h4-5H,2-3,6-17H2,1H3. The van der Waals surface area contributed by atoms with Gasteiger partial charge in [0.05, 0.1) is 0 Å². The maximum atomic E-state index is 5.46. The Balaban J connectivity index is 2.94. The Kier molecular flexibility index (Phi) is 15.4. The molecule has 0 heterocycles. The Morgan fingerprint density at radius 2 is 1.12 bits per heavy atom. The topological polar surface area (TPSA) is 26.0 Å². The van der Waals surface area contributed by atoms with Crippen molar-refractivity contribution in [2.75, 3.05) is 6.54 Å². The van der Waals surface area contributed by atoms with Crippen molar-refractivity contribution in [3.05, 3.63) is 12.2 Å². The van der Waals surface area contributed by atoms with Gasteiger partial charge in [0.2, 0.25) is 0 Å². The predicted octanol–water partition coefficient (Wildman–Crippen LogP) is 5.20. The molecule has 17 heavy (non-hydrogen) atoms. The molecule has 0 saturated heterocycles. The third-order valence-electron chi connectivity index (χ3n) is 3.20. The molecule has 1 nitrogen and oxygen atoms in total. The molecule has 0 spiro atoms. The van der Waals surface area contributed by atoms with E-state index in [0.29, 0.717) is 0 Å². The monoisotopic (exact) mass is 239 g/mol. The van der Waals surface area contributed by atoms with E-state index in [4.69, 9.17) is 5.73 Å². The SMILES string of the molecule is CCCC=CCCCCCCCCCCCN. The first kappa shape index (κ1) is 16.7. The highest BCUT2D eigenvalue weighted by atomic mass is 14.5. The molecule has 0 aliphatic carbocycles. The second kappa shape index (κ2) is 15.7. The number of allylic oxidation sites excluding steroid dienone is 2. The van der Waals surface area contributed by atoms with Crippen molar-refractivity contribution in [1.29, 1.82) is 0 Å². The zero-order chi connectivity index (χ0) is 12.6. The minimum Gasteiger partial charge on any atom is -0.330 e. The molecule has 0 amide bonds. The van der Waals surface area contributed by atoms with E-state index in [-0.39, 0.29) is 0 Å². The van der Waals surface area contributed by atoms with E-state index >= 15 is 0 Å². The average Bonchev–Trinajstić information content (AvgIpc) is 2.35. The Labute approximate surface area is 109 Å². The van der Waals surface area contributed by atoms with Crippen LogP contribution in [0.5, 0.6) is 0 Å². The van der Waals surface area contributed by atoms with Crippen LogP contribution in [0.4, 0.5) is 0 Å². The lowest BCUT2D eigenvalue weighted by Gasteiger charge is -2.01. The van der Waals surface area contributed by atoms with Crippen LogP contribution in [0.3, 0.4) is 0 Å². The summed E-state index contributed by atoms with van der Waals surface area (Å²) in [6.07, 6.45) is 20.9. The summed E-state index contributed by atoms with van der Waals surface area (Å²) in [6.45, 7) is 3.10. The number of hydrogen-bond donors (Lipinski definition) is 1. The fraction of sp³-hybridized carbons (Fsp3) is 0.875. The molecule has 102 valence electrons. The van der Waals surface area contributed by atoms with Crippen molar-refractivity contribution >= 4 is 0 Å². The Morgan fingerprint density at radius 1 is 0.647 bits per heavy atom. The van der Waals surface area contributed by atoms with Crippen molar-refractivity contribution in [2.45, 2.75) is 84.0 Å². The largest absolute Gasteiger partial charge is 0.330 e. The molecule has 0 rings (SSSR count). The minimum atomic E-state index is 0.867. The van der Waals surface area contributed by atoms with E-state index in [1.807, 2.05) is 0 Å². The summed E-state index contributed by atoms with van der Waals surface area (Å²) >= 11 is 0. The van der Waals surface area contributed by atoms with Gasteiger partial charge in [-0.2, -0.15) is 0 Å². The number of unbranched alkanes of at least 4 members (excludes halogenated alkanes) is 10. The first-order chi connectivity index (χ1) is 8.41. The number of hydrogen-bond acceptors (Lipinski definition) is 1. The second-order valence-corrected chi connectivity index (χ2v) is 5.02. The Hall–Kier alpha value is -0.300. The molecular formula is C16H33N. The van der Waals surface area contributed by atoms with E-state index < -0.39 is 0 Å². The van der Waals surface area contributed by atoms with Gasteiger partial charge in [0.1, 0.15) is 0 Å². The lowest BCUT2D eigenvalue weighted by molar-refractivity contribution is 0.562. The molecule has 0 aliphatic rings. The molecule has 0 aliphatic heterocycles. The number of nitrogens with two attached hydrogens (primary N) is 1. The van der Waals surface area contributed by atoms with Crippen molar-refractivity contribution in [2.24, 2.45) is 5.73 Å². The summed E-state index contributed by atoms with van der Waals surface area (Å²) in [4.78, 5) is 0. The molecule has 0 aromatic carbocycles. The molecule has 0 unspecified atom stereocenters. The molecule has 0 fully saturated rings. The van der Waals surface area contributed by atoms with Crippen molar-refractivity contribution in [3.63, 3.8) is 0 Å². The van der Waals surface area contributed by atoms with Gasteiger partial charge in [0.15, 0.2) is 0 Å². The summed E-state index contributed by atoms with van der Waals surface area (Å²) in [7, 11) is 0. The molecule has 0 saturated carbocycles. The van der Waals surface area contributed by atoms with E-state index in [0.717, 1.165) is 6.54 Å². The molecule has 1 heteroatoms. The minimum absolute atomic E-state index is 0.867. The van der Waals surface area contributed by atoms with Crippen LogP contribution in [0, 0.1) is 0 Å². The summed E-state index contributed by atoms with van der Waals surface area (Å²) in [6, 6.07) is 0. The smallest absolute Gasteiger partial charge is 0.00773 e. The van der Waals surface area contributed by atoms with Gasteiger partial charge in [-0.25, -0.2) is 0 Å². The van der Waals surface area contributed by atoms with E-state index in [1.54, 1.807) is 0 Å². The lowest BCUT2D eigenvalue weighted by atomic mass is 10.1. The predicted molar refractivity (Wildman–Crippen MR) is 79.3 cm³/mol. The molecule has 2 N–H and O–H groups in total. The highest BCUT2D eigenvalue weighted by Gasteiger charge is 1.91. The first-order valence-corrected chi connectivity index (χ1v) is 7.77. The average molecular weight is 239 g/mol. The van der Waals surface area contributed by atoms with Gasteiger partial charge in [0, 0.05) is 0 Å². The van der Waals surface area contributed by atoms with E-state index in [1.165, 1.54) is 77.0 Å². The van der Waals surface area contributed by atoms with Crippen LogP contribution in [0.1, 0.15) is 84.0 Å². The Morgan fingerprint density at radius 3 is 1.65 bits per heavy atom. The number of rotatable bonds is 13. The quantitative estimate of drug-likeness (QED) is 0.347. The van der Waals surface area contributed by atoms with Crippen LogP contribution < -0.4 is 5.73 Å². The van der Waals surface area contributed by atoms with Gasteiger partial charge in [-0.15, -0.1) is 0 Å². The van der Waals surface area contributed by atoms with Gasteiger partial charge in [-0.05, 0) is 32.2 Å². The van der Waals surface area contributed by atoms with Crippen LogP contribution in [-0.4, -0.2) is 6.54 Å². The van der Waals surface area contributed by atoms with Gasteiger partial charge < -0.3 is 5.73 Å². The van der Waals surface area contributed by atoms with Crippen molar-refractivity contribution in [1.82, 2.24) is 0 Å². The van der Waals surface area contributed by atoms with Crippen LogP contribution in [-0.2, 0) is 0 Å². The first-order valence-electron chi connectivity index (χ1n) is 7.77. The summed E-state index contributed by atoms with van der Waals surface area (Å²) < 4.78 is 0. The summed E-state index contributed by atoms with van der Waals surface area (Å²) in [5, 5.41) is 0. The molecule has 0 aromatic heterocycles. The van der Waals surface area contributed by atoms with Crippen molar-refractivity contribution in [3.8, 4) is 0 Å². The van der Waals surface area contributed by atoms with Gasteiger partial charge in [-0.1, -0.05) is 70.4 Å². The van der Waals surface area contributed by atoms with Crippen LogP contribution in [0.2, 0.25) is 0 Å². The molecule has 0 bridgehead atoms.